The first-order chi connectivity index (χ1) is 14.8. The van der Waals surface area contributed by atoms with Gasteiger partial charge in [0, 0.05) is 13.1 Å². The minimum absolute atomic E-state index is 0.127. The van der Waals surface area contributed by atoms with Gasteiger partial charge in [-0.05, 0) is 91.9 Å². The van der Waals surface area contributed by atoms with Gasteiger partial charge in [0.2, 0.25) is 0 Å². The van der Waals surface area contributed by atoms with Gasteiger partial charge in [0.05, 0.1) is 26.9 Å². The van der Waals surface area contributed by atoms with E-state index >= 15 is 0 Å². The van der Waals surface area contributed by atoms with Crippen molar-refractivity contribution >= 4 is 0 Å². The van der Waals surface area contributed by atoms with Gasteiger partial charge in [0.15, 0.2) is 11.5 Å². The molecule has 3 rings (SSSR count). The number of nitrogens with zero attached hydrogens (tertiary/aromatic N) is 1. The highest BCUT2D eigenvalue weighted by Crippen LogP contribution is 2.40. The van der Waals surface area contributed by atoms with Gasteiger partial charge in [-0.15, -0.1) is 0 Å². The maximum Gasteiger partial charge on any atom is 0.161 e. The summed E-state index contributed by atoms with van der Waals surface area (Å²) in [5.74, 6) is 3.00. The summed E-state index contributed by atoms with van der Waals surface area (Å²) < 4.78 is 17.5. The van der Waals surface area contributed by atoms with Crippen molar-refractivity contribution in [2.45, 2.75) is 45.6 Å². The van der Waals surface area contributed by atoms with Gasteiger partial charge in [-0.1, -0.05) is 13.8 Å². The molecule has 0 saturated carbocycles. The van der Waals surface area contributed by atoms with E-state index in [0.29, 0.717) is 12.5 Å². The van der Waals surface area contributed by atoms with Crippen LogP contribution in [0.3, 0.4) is 0 Å². The van der Waals surface area contributed by atoms with Crippen LogP contribution in [0.5, 0.6) is 17.2 Å². The molecule has 31 heavy (non-hydrogen) atoms. The summed E-state index contributed by atoms with van der Waals surface area (Å²) in [6.45, 7) is 9.20. The SMILES string of the molecule is COc1cc2c(cc1OCCCN(C)C)C(c1cc(C(C)C)c(OC)cc1C)NCC2. The molecule has 1 N–H and O–H groups in total. The zero-order valence-electron chi connectivity index (χ0n) is 20.2. The fraction of sp³-hybridized carbons (Fsp3) is 0.538. The van der Waals surface area contributed by atoms with Crippen LogP contribution in [0.1, 0.15) is 60.0 Å². The van der Waals surface area contributed by atoms with Crippen LogP contribution >= 0.6 is 0 Å². The lowest BCUT2D eigenvalue weighted by Gasteiger charge is -2.30. The number of nitrogens with one attached hydrogen (secondary N) is 1. The third kappa shape index (κ3) is 5.34. The molecule has 0 bridgehead atoms. The Hall–Kier alpha value is -2.24. The fourth-order valence-electron chi connectivity index (χ4n) is 4.33. The lowest BCUT2D eigenvalue weighted by atomic mass is 9.85. The molecule has 2 aromatic carbocycles. The predicted octanol–water partition coefficient (Wildman–Crippen LogP) is 4.70. The van der Waals surface area contributed by atoms with E-state index in [0.717, 1.165) is 43.2 Å². The largest absolute Gasteiger partial charge is 0.496 e. The molecule has 170 valence electrons. The van der Waals surface area contributed by atoms with Crippen molar-refractivity contribution in [1.82, 2.24) is 10.2 Å². The van der Waals surface area contributed by atoms with Gasteiger partial charge in [-0.25, -0.2) is 0 Å². The molecule has 1 atom stereocenters. The molecule has 0 aromatic heterocycles. The molecular weight excluding hydrogens is 388 g/mol. The van der Waals surface area contributed by atoms with E-state index in [4.69, 9.17) is 14.2 Å². The number of rotatable bonds is 9. The molecule has 1 aliphatic heterocycles. The molecule has 0 aliphatic carbocycles. The molecule has 5 nitrogen and oxygen atoms in total. The molecule has 0 spiro atoms. The Bertz CT molecular complexity index is 893. The third-order valence-corrected chi connectivity index (χ3v) is 6.04. The minimum atomic E-state index is 0.127. The summed E-state index contributed by atoms with van der Waals surface area (Å²) in [6.07, 6.45) is 1.96. The molecule has 1 unspecified atom stereocenters. The second-order valence-electron chi connectivity index (χ2n) is 8.95. The van der Waals surface area contributed by atoms with Crippen molar-refractivity contribution in [3.8, 4) is 17.2 Å². The van der Waals surface area contributed by atoms with Crippen LogP contribution in [-0.2, 0) is 6.42 Å². The Labute approximate surface area is 187 Å². The molecule has 1 aliphatic rings. The number of hydrogen-bond acceptors (Lipinski definition) is 5. The lowest BCUT2D eigenvalue weighted by molar-refractivity contribution is 0.267. The average Bonchev–Trinajstić information content (AvgIpc) is 2.75. The number of ether oxygens (including phenoxy) is 3. The molecule has 0 radical (unpaired) electrons. The predicted molar refractivity (Wildman–Crippen MR) is 127 cm³/mol. The van der Waals surface area contributed by atoms with Crippen LogP contribution in [-0.4, -0.2) is 52.9 Å². The first-order valence-electron chi connectivity index (χ1n) is 11.3. The van der Waals surface area contributed by atoms with Gasteiger partial charge in [-0.2, -0.15) is 0 Å². The van der Waals surface area contributed by atoms with Gasteiger partial charge >= 0.3 is 0 Å². The smallest absolute Gasteiger partial charge is 0.161 e. The summed E-state index contributed by atoms with van der Waals surface area (Å²) >= 11 is 0. The molecule has 5 heteroatoms. The van der Waals surface area contributed by atoms with Crippen LogP contribution in [0.25, 0.3) is 0 Å². The van der Waals surface area contributed by atoms with Gasteiger partial charge in [-0.3, -0.25) is 0 Å². The Morgan fingerprint density at radius 2 is 1.74 bits per heavy atom. The first-order valence-corrected chi connectivity index (χ1v) is 11.3. The van der Waals surface area contributed by atoms with Gasteiger partial charge in [0.25, 0.3) is 0 Å². The van der Waals surface area contributed by atoms with Crippen LogP contribution in [0.15, 0.2) is 24.3 Å². The summed E-state index contributed by atoms with van der Waals surface area (Å²) in [5, 5.41) is 3.74. The van der Waals surface area contributed by atoms with Crippen molar-refractivity contribution in [1.29, 1.82) is 0 Å². The van der Waals surface area contributed by atoms with Crippen molar-refractivity contribution in [2.75, 3.05) is 48.0 Å². The van der Waals surface area contributed by atoms with Gasteiger partial charge in [0.1, 0.15) is 5.75 Å². The molecule has 1 heterocycles. The van der Waals surface area contributed by atoms with Crippen LogP contribution < -0.4 is 19.5 Å². The third-order valence-electron chi connectivity index (χ3n) is 6.04. The van der Waals surface area contributed by atoms with E-state index in [1.165, 1.54) is 27.8 Å². The Kier molecular flexibility index (Phi) is 7.84. The highest BCUT2D eigenvalue weighted by Gasteiger charge is 2.26. The standard InChI is InChI=1S/C26H38N2O3/c1-17(2)20-15-21(18(3)13-23(20)29-6)26-22-16-25(31-12-8-11-28(4)5)24(30-7)14-19(22)9-10-27-26/h13-17,26-27H,8-12H2,1-7H3. The number of benzene rings is 2. The summed E-state index contributed by atoms with van der Waals surface area (Å²) in [4.78, 5) is 2.17. The summed E-state index contributed by atoms with van der Waals surface area (Å²) in [7, 11) is 7.63. The average molecular weight is 427 g/mol. The van der Waals surface area contributed by atoms with Crippen molar-refractivity contribution in [3.05, 3.63) is 52.1 Å². The van der Waals surface area contributed by atoms with Crippen LogP contribution in [0, 0.1) is 6.92 Å². The molecule has 0 fully saturated rings. The lowest BCUT2D eigenvalue weighted by Crippen LogP contribution is -2.31. The van der Waals surface area contributed by atoms with Crippen molar-refractivity contribution in [2.24, 2.45) is 0 Å². The zero-order chi connectivity index (χ0) is 22.5. The van der Waals surface area contributed by atoms with Crippen LogP contribution in [0.2, 0.25) is 0 Å². The molecule has 2 aromatic rings. The van der Waals surface area contributed by atoms with Crippen molar-refractivity contribution < 1.29 is 14.2 Å². The zero-order valence-corrected chi connectivity index (χ0v) is 20.2. The van der Waals surface area contributed by atoms with Crippen molar-refractivity contribution in [3.63, 3.8) is 0 Å². The van der Waals surface area contributed by atoms with E-state index in [1.807, 2.05) is 0 Å². The number of fused-ring (bicyclic) bond motifs is 1. The molecule has 0 saturated heterocycles. The van der Waals surface area contributed by atoms with E-state index in [-0.39, 0.29) is 6.04 Å². The molecule has 0 amide bonds. The highest BCUT2D eigenvalue weighted by molar-refractivity contribution is 5.54. The Balaban J connectivity index is 1.98. The summed E-state index contributed by atoms with van der Waals surface area (Å²) in [6, 6.07) is 8.95. The number of methoxy groups -OCH3 is 2. The summed E-state index contributed by atoms with van der Waals surface area (Å²) in [5.41, 5.74) is 6.37. The quantitative estimate of drug-likeness (QED) is 0.589. The monoisotopic (exact) mass is 426 g/mol. The van der Waals surface area contributed by atoms with E-state index < -0.39 is 0 Å². The fourth-order valence-corrected chi connectivity index (χ4v) is 4.33. The van der Waals surface area contributed by atoms with Crippen LogP contribution in [0.4, 0.5) is 0 Å². The highest BCUT2D eigenvalue weighted by atomic mass is 16.5. The number of aryl methyl sites for hydroxylation is 1. The minimum Gasteiger partial charge on any atom is -0.496 e. The number of hydrogen-bond donors (Lipinski definition) is 1. The first kappa shape index (κ1) is 23.4. The Morgan fingerprint density at radius 1 is 1.00 bits per heavy atom. The van der Waals surface area contributed by atoms with E-state index in [2.05, 4.69) is 69.3 Å². The van der Waals surface area contributed by atoms with Gasteiger partial charge < -0.3 is 24.4 Å². The van der Waals surface area contributed by atoms with E-state index in [1.54, 1.807) is 14.2 Å². The Morgan fingerprint density at radius 3 is 2.39 bits per heavy atom. The molecular formula is C26H38N2O3. The maximum atomic E-state index is 6.16. The normalized spacial score (nSPS) is 15.8. The second-order valence-corrected chi connectivity index (χ2v) is 8.95. The topological polar surface area (TPSA) is 43.0 Å². The maximum absolute atomic E-state index is 6.16. The second kappa shape index (κ2) is 10.4. The van der Waals surface area contributed by atoms with E-state index in [9.17, 15) is 0 Å².